The predicted molar refractivity (Wildman–Crippen MR) is 202 cm³/mol. The molecule has 2 aromatic rings. The molecule has 0 aliphatic rings. The molecule has 0 aliphatic carbocycles. The van der Waals surface area contributed by atoms with Gasteiger partial charge in [0, 0.05) is 25.9 Å². The Morgan fingerprint density at radius 2 is 0.936 bits per heavy atom. The number of carbonyl (C=O) groups is 2. The molecule has 0 N–H and O–H groups in total. The molecule has 264 valence electrons. The number of benzene rings is 2. The summed E-state index contributed by atoms with van der Waals surface area (Å²) in [5.74, 6) is 0.368. The molecule has 0 aromatic heterocycles. The molecular weight excluding hydrogens is 597 g/mol. The van der Waals surface area contributed by atoms with Gasteiger partial charge in [0.2, 0.25) is 0 Å². The molecule has 47 heavy (non-hydrogen) atoms. The van der Waals surface area contributed by atoms with E-state index in [2.05, 4.69) is 88.4 Å². The summed E-state index contributed by atoms with van der Waals surface area (Å²) in [5.41, 5.74) is 0. The van der Waals surface area contributed by atoms with Crippen molar-refractivity contribution in [3.63, 3.8) is 0 Å². The van der Waals surface area contributed by atoms with Crippen LogP contribution in [-0.2, 0) is 18.8 Å². The Balaban J connectivity index is 1.48. The Morgan fingerprint density at radius 1 is 0.532 bits per heavy atom. The van der Waals surface area contributed by atoms with E-state index in [1.807, 2.05) is 0 Å². The SMILES string of the molecule is CCCCCCCCCOC(=O)CCCCCCCC(=O)CCCCCCCCO[Si](c1ccccc1)(c1ccccc1)C(C)(C)C. The molecule has 0 fully saturated rings. The molecule has 0 spiro atoms. The van der Waals surface area contributed by atoms with E-state index in [-0.39, 0.29) is 11.0 Å². The van der Waals surface area contributed by atoms with Gasteiger partial charge >= 0.3 is 5.97 Å². The lowest BCUT2D eigenvalue weighted by atomic mass is 10.0. The molecule has 0 saturated carbocycles. The van der Waals surface area contributed by atoms with E-state index in [1.165, 1.54) is 61.7 Å². The van der Waals surface area contributed by atoms with Crippen LogP contribution in [0.1, 0.15) is 163 Å². The van der Waals surface area contributed by atoms with Crippen LogP contribution in [-0.4, -0.2) is 33.3 Å². The van der Waals surface area contributed by atoms with Crippen molar-refractivity contribution in [2.24, 2.45) is 0 Å². The summed E-state index contributed by atoms with van der Waals surface area (Å²) < 4.78 is 12.4. The Hall–Kier alpha value is -2.24. The summed E-state index contributed by atoms with van der Waals surface area (Å²) in [5, 5.41) is 2.70. The molecule has 5 heteroatoms. The van der Waals surface area contributed by atoms with Crippen molar-refractivity contribution in [2.45, 2.75) is 168 Å². The number of rotatable bonds is 28. The first-order valence-corrected chi connectivity index (χ1v) is 21.1. The monoisotopic (exact) mass is 664 g/mol. The maximum Gasteiger partial charge on any atom is 0.305 e. The standard InChI is InChI=1S/C42H68O4Si/c1-5-6-7-8-10-16-27-36-45-41(44)35-26-15-12-14-21-30-38(43)29-20-13-9-11-17-28-37-46-47(42(2,3)4,39-31-22-18-23-32-39)40-33-24-19-25-34-40/h18-19,22-25,31-34H,5-17,20-21,26-30,35-37H2,1-4H3. The molecule has 0 unspecified atom stereocenters. The van der Waals surface area contributed by atoms with Crippen molar-refractivity contribution in [1.29, 1.82) is 0 Å². The van der Waals surface area contributed by atoms with E-state index >= 15 is 0 Å². The summed E-state index contributed by atoms with van der Waals surface area (Å²) in [6.07, 6.45) is 22.5. The minimum absolute atomic E-state index is 0.0181. The number of esters is 1. The number of hydrogen-bond donors (Lipinski definition) is 0. The summed E-state index contributed by atoms with van der Waals surface area (Å²) in [6, 6.07) is 21.8. The zero-order valence-corrected chi connectivity index (χ0v) is 31.7. The number of ketones is 1. The third-order valence-electron chi connectivity index (χ3n) is 9.43. The molecule has 4 nitrogen and oxygen atoms in total. The van der Waals surface area contributed by atoms with Gasteiger partial charge in [-0.05, 0) is 47.5 Å². The topological polar surface area (TPSA) is 52.6 Å². The maximum atomic E-state index is 12.3. The fourth-order valence-corrected chi connectivity index (χ4v) is 11.3. The van der Waals surface area contributed by atoms with Crippen LogP contribution >= 0.6 is 0 Å². The van der Waals surface area contributed by atoms with Crippen molar-refractivity contribution >= 4 is 30.4 Å². The van der Waals surface area contributed by atoms with E-state index in [0.29, 0.717) is 25.2 Å². The van der Waals surface area contributed by atoms with Crippen LogP contribution in [0.15, 0.2) is 60.7 Å². The molecule has 0 bridgehead atoms. The normalized spacial score (nSPS) is 11.9. The molecule has 0 saturated heterocycles. The first kappa shape index (κ1) is 40.9. The average Bonchev–Trinajstić information content (AvgIpc) is 3.06. The molecule has 2 aromatic carbocycles. The fraction of sp³-hybridized carbons (Fsp3) is 0.667. The van der Waals surface area contributed by atoms with Crippen molar-refractivity contribution in [2.75, 3.05) is 13.2 Å². The summed E-state index contributed by atoms with van der Waals surface area (Å²) >= 11 is 0. The Labute approximate surface area is 289 Å². The third kappa shape index (κ3) is 16.6. The van der Waals surface area contributed by atoms with Crippen LogP contribution in [0.3, 0.4) is 0 Å². The van der Waals surface area contributed by atoms with E-state index < -0.39 is 8.32 Å². The van der Waals surface area contributed by atoms with Gasteiger partial charge in [0.15, 0.2) is 0 Å². The lowest BCUT2D eigenvalue weighted by Crippen LogP contribution is -2.66. The minimum Gasteiger partial charge on any atom is -0.466 e. The highest BCUT2D eigenvalue weighted by Gasteiger charge is 2.49. The summed E-state index contributed by atoms with van der Waals surface area (Å²) in [6.45, 7) is 10.6. The maximum absolute atomic E-state index is 12.3. The summed E-state index contributed by atoms with van der Waals surface area (Å²) in [4.78, 5) is 24.2. The fourth-order valence-electron chi connectivity index (χ4n) is 6.68. The highest BCUT2D eigenvalue weighted by Crippen LogP contribution is 2.36. The van der Waals surface area contributed by atoms with Crippen LogP contribution in [0.2, 0.25) is 5.04 Å². The molecular formula is C42H68O4Si. The molecule has 0 amide bonds. The molecule has 2 rings (SSSR count). The van der Waals surface area contributed by atoms with Gasteiger partial charge < -0.3 is 9.16 Å². The van der Waals surface area contributed by atoms with Crippen LogP contribution in [0.25, 0.3) is 0 Å². The molecule has 0 atom stereocenters. The lowest BCUT2D eigenvalue weighted by Gasteiger charge is -2.43. The highest BCUT2D eigenvalue weighted by molar-refractivity contribution is 6.99. The summed E-state index contributed by atoms with van der Waals surface area (Å²) in [7, 11) is -2.44. The minimum atomic E-state index is -2.44. The van der Waals surface area contributed by atoms with Gasteiger partial charge in [-0.25, -0.2) is 0 Å². The zero-order chi connectivity index (χ0) is 34.1. The van der Waals surface area contributed by atoms with E-state index in [4.69, 9.17) is 9.16 Å². The highest BCUT2D eigenvalue weighted by atomic mass is 28.4. The van der Waals surface area contributed by atoms with E-state index in [1.54, 1.807) is 0 Å². The third-order valence-corrected chi connectivity index (χ3v) is 14.5. The van der Waals surface area contributed by atoms with Gasteiger partial charge in [-0.15, -0.1) is 0 Å². The van der Waals surface area contributed by atoms with Crippen LogP contribution in [0, 0.1) is 0 Å². The van der Waals surface area contributed by atoms with Crippen LogP contribution in [0.5, 0.6) is 0 Å². The van der Waals surface area contributed by atoms with Crippen molar-refractivity contribution in [3.05, 3.63) is 60.7 Å². The first-order valence-electron chi connectivity index (χ1n) is 19.2. The zero-order valence-electron chi connectivity index (χ0n) is 30.7. The largest absolute Gasteiger partial charge is 0.466 e. The van der Waals surface area contributed by atoms with Crippen LogP contribution in [0.4, 0.5) is 0 Å². The molecule has 0 heterocycles. The van der Waals surface area contributed by atoms with Gasteiger partial charge in [0.1, 0.15) is 5.78 Å². The number of carbonyl (C=O) groups excluding carboxylic acids is 2. The quantitative estimate of drug-likeness (QED) is 0.0516. The van der Waals surface area contributed by atoms with Gasteiger partial charge in [-0.2, -0.15) is 0 Å². The number of hydrogen-bond acceptors (Lipinski definition) is 4. The van der Waals surface area contributed by atoms with Crippen molar-refractivity contribution in [3.8, 4) is 0 Å². The molecule has 0 aliphatic heterocycles. The van der Waals surface area contributed by atoms with Gasteiger partial charge in [0.25, 0.3) is 8.32 Å². The Morgan fingerprint density at radius 3 is 1.40 bits per heavy atom. The second-order valence-corrected chi connectivity index (χ2v) is 18.8. The first-order chi connectivity index (χ1) is 22.8. The van der Waals surface area contributed by atoms with E-state index in [0.717, 1.165) is 77.2 Å². The number of Topliss-reactive ketones (excluding diaryl/α,β-unsaturated/α-hetero) is 1. The lowest BCUT2D eigenvalue weighted by molar-refractivity contribution is -0.143. The van der Waals surface area contributed by atoms with Crippen molar-refractivity contribution in [1.82, 2.24) is 0 Å². The van der Waals surface area contributed by atoms with Gasteiger partial charge in [0.05, 0.1) is 6.61 Å². The van der Waals surface area contributed by atoms with Crippen LogP contribution < -0.4 is 10.4 Å². The number of ether oxygens (including phenoxy) is 1. The number of unbranched alkanes of at least 4 members (excludes halogenated alkanes) is 15. The van der Waals surface area contributed by atoms with Gasteiger partial charge in [-0.3, -0.25) is 9.59 Å². The second kappa shape index (κ2) is 24.8. The van der Waals surface area contributed by atoms with E-state index in [9.17, 15) is 9.59 Å². The average molecular weight is 665 g/mol. The van der Waals surface area contributed by atoms with Gasteiger partial charge in [-0.1, -0.05) is 172 Å². The second-order valence-electron chi connectivity index (χ2n) is 14.5. The molecule has 0 radical (unpaired) electrons. The Bertz CT molecular complexity index is 1020. The smallest absolute Gasteiger partial charge is 0.305 e. The Kier molecular flexibility index (Phi) is 21.6. The predicted octanol–water partition coefficient (Wildman–Crippen LogP) is 10.9. The van der Waals surface area contributed by atoms with Crippen molar-refractivity contribution < 1.29 is 18.8 Å².